The van der Waals surface area contributed by atoms with Crippen LogP contribution in [0.15, 0.2) is 23.2 Å². The number of rotatable bonds is 2. The topological polar surface area (TPSA) is 47.8 Å². The molecule has 13 heavy (non-hydrogen) atoms. The van der Waals surface area contributed by atoms with E-state index in [0.29, 0.717) is 11.4 Å². The largest absolute Gasteiger partial charge is 0.314 e. The highest BCUT2D eigenvalue weighted by atomic mass is 32.1. The minimum Gasteiger partial charge on any atom is -0.314 e. The molecular formula is C8H7N3OS. The van der Waals surface area contributed by atoms with Crippen molar-refractivity contribution in [3.63, 3.8) is 0 Å². The Labute approximate surface area is 78.8 Å². The lowest BCUT2D eigenvalue weighted by Crippen LogP contribution is -2.07. The summed E-state index contributed by atoms with van der Waals surface area (Å²) in [6, 6.07) is 1.78. The van der Waals surface area contributed by atoms with Crippen LogP contribution in [0, 0.1) is 0 Å². The molecule has 0 aromatic carbocycles. The Kier molecular flexibility index (Phi) is 1.94. The molecule has 0 saturated carbocycles. The van der Waals surface area contributed by atoms with Crippen LogP contribution in [0.4, 0.5) is 0 Å². The number of aryl methyl sites for hydroxylation is 1. The average Bonchev–Trinajstić information content (AvgIpc) is 2.72. The van der Waals surface area contributed by atoms with E-state index in [1.165, 1.54) is 17.7 Å². The number of hydrogen-bond donors (Lipinski definition) is 0. The summed E-state index contributed by atoms with van der Waals surface area (Å²) in [6.07, 6.45) is 1.51. The monoisotopic (exact) mass is 193 g/mol. The van der Waals surface area contributed by atoms with E-state index in [9.17, 15) is 4.79 Å². The Balaban J connectivity index is 2.39. The quantitative estimate of drug-likeness (QED) is 0.671. The second kappa shape index (κ2) is 3.10. The molecule has 0 spiro atoms. The molecule has 0 unspecified atom stereocenters. The van der Waals surface area contributed by atoms with Gasteiger partial charge in [0, 0.05) is 18.0 Å². The van der Waals surface area contributed by atoms with Gasteiger partial charge >= 0.3 is 0 Å². The Morgan fingerprint density at radius 3 is 3.00 bits per heavy atom. The Bertz CT molecular complexity index is 418. The molecule has 0 amide bonds. The van der Waals surface area contributed by atoms with Gasteiger partial charge in [0.25, 0.3) is 0 Å². The van der Waals surface area contributed by atoms with Gasteiger partial charge in [0.05, 0.1) is 0 Å². The van der Waals surface area contributed by atoms with Gasteiger partial charge in [-0.25, -0.2) is 0 Å². The summed E-state index contributed by atoms with van der Waals surface area (Å²) < 4.78 is 1.61. The van der Waals surface area contributed by atoms with Crippen molar-refractivity contribution in [1.82, 2.24) is 14.8 Å². The number of nitrogens with zero attached hydrogens (tertiary/aromatic N) is 3. The van der Waals surface area contributed by atoms with Crippen molar-refractivity contribution in [2.24, 2.45) is 7.05 Å². The fourth-order valence-electron chi connectivity index (χ4n) is 1.01. The molecule has 0 radical (unpaired) electrons. The molecule has 0 aliphatic rings. The predicted molar refractivity (Wildman–Crippen MR) is 48.8 cm³/mol. The molecule has 0 aliphatic heterocycles. The Hall–Kier alpha value is -1.49. The molecule has 2 heterocycles. The van der Waals surface area contributed by atoms with Gasteiger partial charge in [-0.15, -0.1) is 10.2 Å². The number of hydrogen-bond acceptors (Lipinski definition) is 4. The molecule has 2 aromatic rings. The highest BCUT2D eigenvalue weighted by Gasteiger charge is 2.14. The van der Waals surface area contributed by atoms with Crippen molar-refractivity contribution in [1.29, 1.82) is 0 Å². The molecule has 0 atom stereocenters. The SMILES string of the molecule is Cn1cnnc1C(=O)c1ccsc1. The van der Waals surface area contributed by atoms with Crippen molar-refractivity contribution in [2.45, 2.75) is 0 Å². The molecule has 0 saturated heterocycles. The molecular weight excluding hydrogens is 186 g/mol. The maximum absolute atomic E-state index is 11.7. The van der Waals surface area contributed by atoms with E-state index in [1.54, 1.807) is 23.1 Å². The fourth-order valence-corrected chi connectivity index (χ4v) is 1.65. The molecule has 2 rings (SSSR count). The normalized spacial score (nSPS) is 10.2. The van der Waals surface area contributed by atoms with Crippen LogP contribution in [-0.4, -0.2) is 20.5 Å². The lowest BCUT2D eigenvalue weighted by Gasteiger charge is -1.95. The minimum absolute atomic E-state index is 0.0822. The second-order valence-electron chi connectivity index (χ2n) is 2.61. The van der Waals surface area contributed by atoms with Gasteiger partial charge in [-0.1, -0.05) is 0 Å². The number of ketones is 1. The average molecular weight is 193 g/mol. The van der Waals surface area contributed by atoms with Crippen LogP contribution >= 0.6 is 11.3 Å². The Morgan fingerprint density at radius 2 is 2.46 bits per heavy atom. The maximum atomic E-state index is 11.7. The van der Waals surface area contributed by atoms with Gasteiger partial charge in [0.15, 0.2) is 0 Å². The van der Waals surface area contributed by atoms with Crippen LogP contribution in [0.5, 0.6) is 0 Å². The zero-order chi connectivity index (χ0) is 9.26. The zero-order valence-corrected chi connectivity index (χ0v) is 7.78. The van der Waals surface area contributed by atoms with Crippen LogP contribution in [0.3, 0.4) is 0 Å². The zero-order valence-electron chi connectivity index (χ0n) is 6.97. The first-order chi connectivity index (χ1) is 6.29. The second-order valence-corrected chi connectivity index (χ2v) is 3.39. The molecule has 0 N–H and O–H groups in total. The van der Waals surface area contributed by atoms with Crippen LogP contribution in [-0.2, 0) is 7.05 Å². The fraction of sp³-hybridized carbons (Fsp3) is 0.125. The molecule has 0 aliphatic carbocycles. The molecule has 0 bridgehead atoms. The van der Waals surface area contributed by atoms with E-state index < -0.39 is 0 Å². The first-order valence-electron chi connectivity index (χ1n) is 3.70. The summed E-state index contributed by atoms with van der Waals surface area (Å²) in [4.78, 5) is 11.7. The van der Waals surface area contributed by atoms with Gasteiger partial charge in [0.1, 0.15) is 6.33 Å². The highest BCUT2D eigenvalue weighted by Crippen LogP contribution is 2.10. The molecule has 5 heteroatoms. The minimum atomic E-state index is -0.0822. The summed E-state index contributed by atoms with van der Waals surface area (Å²) in [5.41, 5.74) is 0.668. The van der Waals surface area contributed by atoms with E-state index >= 15 is 0 Å². The third-order valence-electron chi connectivity index (χ3n) is 1.70. The lowest BCUT2D eigenvalue weighted by atomic mass is 10.2. The lowest BCUT2D eigenvalue weighted by molar-refractivity contribution is 0.102. The first kappa shape index (κ1) is 8.12. The predicted octanol–water partition coefficient (Wildman–Crippen LogP) is 1.11. The van der Waals surface area contributed by atoms with Gasteiger partial charge in [-0.05, 0) is 11.4 Å². The Morgan fingerprint density at radius 1 is 1.62 bits per heavy atom. The van der Waals surface area contributed by atoms with Gasteiger partial charge < -0.3 is 4.57 Å². The van der Waals surface area contributed by atoms with Crippen molar-refractivity contribution >= 4 is 17.1 Å². The summed E-state index contributed by atoms with van der Waals surface area (Å²) in [7, 11) is 1.75. The summed E-state index contributed by atoms with van der Waals surface area (Å²) in [5.74, 6) is 0.291. The van der Waals surface area contributed by atoms with Crippen LogP contribution < -0.4 is 0 Å². The third-order valence-corrected chi connectivity index (χ3v) is 2.38. The molecule has 0 fully saturated rings. The highest BCUT2D eigenvalue weighted by molar-refractivity contribution is 7.08. The van der Waals surface area contributed by atoms with Crippen LogP contribution in [0.2, 0.25) is 0 Å². The van der Waals surface area contributed by atoms with Gasteiger partial charge in [-0.2, -0.15) is 11.3 Å². The van der Waals surface area contributed by atoms with Crippen molar-refractivity contribution in [2.75, 3.05) is 0 Å². The van der Waals surface area contributed by atoms with E-state index in [-0.39, 0.29) is 5.78 Å². The molecule has 66 valence electrons. The molecule has 4 nitrogen and oxygen atoms in total. The first-order valence-corrected chi connectivity index (χ1v) is 4.64. The van der Waals surface area contributed by atoms with Gasteiger partial charge in [0.2, 0.25) is 11.6 Å². The van der Waals surface area contributed by atoms with E-state index in [1.807, 2.05) is 5.38 Å². The van der Waals surface area contributed by atoms with Crippen LogP contribution in [0.1, 0.15) is 16.2 Å². The van der Waals surface area contributed by atoms with Crippen molar-refractivity contribution in [3.05, 3.63) is 34.5 Å². The van der Waals surface area contributed by atoms with Gasteiger partial charge in [-0.3, -0.25) is 4.79 Å². The third kappa shape index (κ3) is 1.38. The van der Waals surface area contributed by atoms with Crippen LogP contribution in [0.25, 0.3) is 0 Å². The number of carbonyl (C=O) groups excluding carboxylic acids is 1. The number of thiophene rings is 1. The standard InChI is InChI=1S/C8H7N3OS/c1-11-5-9-10-8(11)7(12)6-2-3-13-4-6/h2-5H,1H3. The number of carbonyl (C=O) groups is 1. The van der Waals surface area contributed by atoms with E-state index in [2.05, 4.69) is 10.2 Å². The van der Waals surface area contributed by atoms with Crippen molar-refractivity contribution in [3.8, 4) is 0 Å². The summed E-state index contributed by atoms with van der Waals surface area (Å²) in [5, 5.41) is 11.1. The maximum Gasteiger partial charge on any atom is 0.231 e. The van der Waals surface area contributed by atoms with Crippen molar-refractivity contribution < 1.29 is 4.79 Å². The summed E-state index contributed by atoms with van der Waals surface area (Å²) in [6.45, 7) is 0. The molecule has 2 aromatic heterocycles. The van der Waals surface area contributed by atoms with E-state index in [0.717, 1.165) is 0 Å². The summed E-state index contributed by atoms with van der Waals surface area (Å²) >= 11 is 1.49. The van der Waals surface area contributed by atoms with E-state index in [4.69, 9.17) is 0 Å². The number of aromatic nitrogens is 3. The smallest absolute Gasteiger partial charge is 0.231 e.